The number of aryl methyl sites for hydroxylation is 1. The SMILES string of the molecule is C/C=C/C(OC)C(N)CO[C@@H]1OC(COC)C(O[C@@H]2OC(CO[C@@]3(C(=O)OC)CC(OC)[C@H](NC)C(C(OC)C(COC)OC)O3)[C@H](OC)C(OC)C2OC)C(OC)C1OC.CC.CC.Cc1ccc(C=Cc2ccccc2)cc1. The third-order valence-corrected chi connectivity index (χ3v) is 13.8. The third kappa shape index (κ3) is 20.2. The van der Waals surface area contributed by atoms with Crippen LogP contribution in [0, 0.1) is 6.92 Å². The maximum Gasteiger partial charge on any atom is 0.366 e. The molecule has 3 aliphatic heterocycles. The second-order valence-corrected chi connectivity index (χ2v) is 18.4. The smallest absolute Gasteiger partial charge is 0.366 e. The molecule has 3 N–H and O–H groups in total. The molecule has 0 bridgehead atoms. The normalized spacial score (nSPS) is 30.2. The number of esters is 1. The number of nitrogens with two attached hydrogens (primary N) is 1. The van der Waals surface area contributed by atoms with Gasteiger partial charge in [-0.25, -0.2) is 4.79 Å². The number of hydrogen-bond donors (Lipinski definition) is 2. The molecule has 21 nitrogen and oxygen atoms in total. The van der Waals surface area contributed by atoms with E-state index < -0.39 is 110 Å². The molecule has 21 heteroatoms. The van der Waals surface area contributed by atoms with Gasteiger partial charge in [0.25, 0.3) is 5.79 Å². The van der Waals surface area contributed by atoms with Crippen LogP contribution >= 0.6 is 0 Å². The monoisotopic (exact) mass is 1140 g/mol. The predicted molar refractivity (Wildman–Crippen MR) is 304 cm³/mol. The molecule has 0 radical (unpaired) electrons. The first-order valence-electron chi connectivity index (χ1n) is 27.4. The van der Waals surface area contributed by atoms with Crippen LogP contribution in [-0.2, 0) is 90.1 Å². The average molecular weight is 1140 g/mol. The van der Waals surface area contributed by atoms with Crippen LogP contribution in [0.4, 0.5) is 0 Å². The summed E-state index contributed by atoms with van der Waals surface area (Å²) in [4.78, 5) is 13.9. The highest BCUT2D eigenvalue weighted by atomic mass is 16.8. The summed E-state index contributed by atoms with van der Waals surface area (Å²) in [5.74, 6) is -2.83. The fourth-order valence-electron chi connectivity index (χ4n) is 9.80. The standard InChI is InChI=1S/C40H74N2O19.C15H14.2C2H6/c1-15-16-23(46-5)22(41)18-56-37-35(53-12)34(52-11)31(26(58-37)20-45-4)60-38-36(54-13)33(51-10)30(50-9)27(59-38)21-57-40(39(43)55-14)17-24(47-6)28(42-2)32(61-40)29(49-8)25(48-7)19-44-3;1-13-7-9-15(10-8-13)12-11-14-5-3-2-4-6-14;2*1-2/h15-16,22-38,42H,17-21,41H2,1-14H3;2-12H,1H3;2*1-2H3/b16-15+;;;/t22?,23?,24?,25?,26?,27?,28-,29?,30-,31?,32?,33?,34?,35?,36?,37+,38-,40-;;;/m0.../s1. The van der Waals surface area contributed by atoms with Crippen LogP contribution in [0.5, 0.6) is 0 Å². The zero-order valence-corrected chi connectivity index (χ0v) is 51.2. The van der Waals surface area contributed by atoms with Crippen LogP contribution in [0.2, 0.25) is 0 Å². The highest BCUT2D eigenvalue weighted by Crippen LogP contribution is 2.39. The zero-order valence-electron chi connectivity index (χ0n) is 51.2. The number of ether oxygens (including phenoxy) is 18. The highest BCUT2D eigenvalue weighted by molar-refractivity contribution is 5.78. The zero-order chi connectivity index (χ0) is 59.8. The van der Waals surface area contributed by atoms with Gasteiger partial charge >= 0.3 is 5.97 Å². The van der Waals surface area contributed by atoms with Crippen molar-refractivity contribution in [2.45, 2.75) is 158 Å². The van der Waals surface area contributed by atoms with E-state index in [1.54, 1.807) is 21.3 Å². The van der Waals surface area contributed by atoms with Crippen molar-refractivity contribution in [2.24, 2.45) is 5.73 Å². The van der Waals surface area contributed by atoms with Gasteiger partial charge in [0, 0.05) is 84.6 Å². The summed E-state index contributed by atoms with van der Waals surface area (Å²) in [5.41, 5.74) is 10.2. The second kappa shape index (κ2) is 40.0. The van der Waals surface area contributed by atoms with Crippen molar-refractivity contribution in [1.82, 2.24) is 5.32 Å². The minimum Gasteiger partial charge on any atom is -0.465 e. The number of hydrogen-bond acceptors (Lipinski definition) is 21. The van der Waals surface area contributed by atoms with Crippen molar-refractivity contribution in [2.75, 3.05) is 119 Å². The molecule has 3 aliphatic rings. The molecular weight excluding hydrogens is 1040 g/mol. The molecule has 460 valence electrons. The first-order valence-corrected chi connectivity index (χ1v) is 27.4. The number of carbonyl (C=O) groups is 1. The van der Waals surface area contributed by atoms with Crippen molar-refractivity contribution in [3.05, 3.63) is 83.4 Å². The van der Waals surface area contributed by atoms with Gasteiger partial charge in [0.05, 0.1) is 57.8 Å². The molecule has 3 fully saturated rings. The molecule has 5 rings (SSSR count). The Bertz CT molecular complexity index is 1960. The van der Waals surface area contributed by atoms with Crippen LogP contribution in [0.25, 0.3) is 12.2 Å². The first kappa shape index (κ1) is 72.7. The Morgan fingerprint density at radius 3 is 1.74 bits per heavy atom. The Balaban J connectivity index is 0.000000969. The van der Waals surface area contributed by atoms with Crippen LogP contribution < -0.4 is 11.1 Å². The molecule has 80 heavy (non-hydrogen) atoms. The summed E-state index contributed by atoms with van der Waals surface area (Å²) in [6, 6.07) is 17.9. The minimum atomic E-state index is -2.02. The second-order valence-electron chi connectivity index (χ2n) is 18.4. The van der Waals surface area contributed by atoms with Crippen LogP contribution in [0.3, 0.4) is 0 Å². The van der Waals surface area contributed by atoms with E-state index in [1.165, 1.54) is 87.8 Å². The van der Waals surface area contributed by atoms with E-state index in [9.17, 15) is 4.79 Å². The molecule has 2 aromatic rings. The molecule has 0 amide bonds. The minimum absolute atomic E-state index is 0.0721. The fourth-order valence-corrected chi connectivity index (χ4v) is 9.80. The van der Waals surface area contributed by atoms with E-state index in [0.29, 0.717) is 0 Å². The lowest BCUT2D eigenvalue weighted by atomic mass is 9.88. The Hall–Kier alpha value is -3.37. The van der Waals surface area contributed by atoms with Gasteiger partial charge in [0.2, 0.25) is 0 Å². The number of rotatable bonds is 29. The van der Waals surface area contributed by atoms with E-state index in [-0.39, 0.29) is 39.0 Å². The molecular formula is C59H100N2O19. The van der Waals surface area contributed by atoms with Gasteiger partial charge in [0.15, 0.2) is 12.6 Å². The van der Waals surface area contributed by atoms with Crippen molar-refractivity contribution in [3.63, 3.8) is 0 Å². The van der Waals surface area contributed by atoms with Gasteiger partial charge in [-0.15, -0.1) is 0 Å². The molecule has 2 aromatic carbocycles. The van der Waals surface area contributed by atoms with Gasteiger partial charge in [-0.3, -0.25) is 0 Å². The molecule has 3 saturated heterocycles. The molecule has 3 heterocycles. The Labute approximate surface area is 477 Å². The number of likely N-dealkylation sites (N-methyl/N-ethyl adjacent to an activating group) is 1. The number of methoxy groups -OCH3 is 12. The van der Waals surface area contributed by atoms with E-state index in [4.69, 9.17) is 91.0 Å². The van der Waals surface area contributed by atoms with E-state index in [0.717, 1.165) is 0 Å². The predicted octanol–water partition coefficient (Wildman–Crippen LogP) is 5.65. The summed E-state index contributed by atoms with van der Waals surface area (Å²) in [7, 11) is 19.8. The van der Waals surface area contributed by atoms with Crippen molar-refractivity contribution in [1.29, 1.82) is 0 Å². The topological polar surface area (TPSA) is 221 Å². The molecule has 0 spiro atoms. The lowest BCUT2D eigenvalue weighted by molar-refractivity contribution is -0.374. The summed E-state index contributed by atoms with van der Waals surface area (Å²) >= 11 is 0. The van der Waals surface area contributed by atoms with Crippen molar-refractivity contribution in [3.8, 4) is 0 Å². The Kier molecular flexibility index (Phi) is 36.4. The molecule has 18 atom stereocenters. The number of benzene rings is 2. The van der Waals surface area contributed by atoms with Crippen LogP contribution in [0.1, 0.15) is 57.7 Å². The fraction of sp³-hybridized carbons (Fsp3) is 0.712. The quantitative estimate of drug-likeness (QED) is 0.0571. The van der Waals surface area contributed by atoms with Crippen LogP contribution in [-0.4, -0.2) is 235 Å². The van der Waals surface area contributed by atoms with Crippen molar-refractivity contribution >= 4 is 18.1 Å². The maximum atomic E-state index is 13.9. The molecule has 0 saturated carbocycles. The van der Waals surface area contributed by atoms with Gasteiger partial charge < -0.3 is 96.3 Å². The largest absolute Gasteiger partial charge is 0.465 e. The molecule has 13 unspecified atom stereocenters. The average Bonchev–Trinajstić information content (AvgIpc) is 3.59. The first-order chi connectivity index (χ1) is 38.8. The summed E-state index contributed by atoms with van der Waals surface area (Å²) in [5, 5.41) is 3.25. The van der Waals surface area contributed by atoms with Gasteiger partial charge in [-0.1, -0.05) is 112 Å². The lowest BCUT2D eigenvalue weighted by Crippen LogP contribution is -2.69. The number of allylic oxidation sites excluding steroid dienone is 1. The van der Waals surface area contributed by atoms with Gasteiger partial charge in [-0.2, -0.15) is 0 Å². The Morgan fingerprint density at radius 1 is 0.675 bits per heavy atom. The van der Waals surface area contributed by atoms with Crippen molar-refractivity contribution < 1.29 is 90.1 Å². The summed E-state index contributed by atoms with van der Waals surface area (Å²) < 4.78 is 109. The summed E-state index contributed by atoms with van der Waals surface area (Å²) in [6.07, 6.45) is -4.06. The maximum absolute atomic E-state index is 13.9. The number of carbonyl (C=O) groups excluding carboxylic acids is 1. The summed E-state index contributed by atoms with van der Waals surface area (Å²) in [6.45, 7) is 12.0. The van der Waals surface area contributed by atoms with Crippen LogP contribution in [0.15, 0.2) is 66.7 Å². The molecule has 0 aliphatic carbocycles. The Morgan fingerprint density at radius 2 is 1.24 bits per heavy atom. The lowest BCUT2D eigenvalue weighted by Gasteiger charge is -2.50. The van der Waals surface area contributed by atoms with Gasteiger partial charge in [0.1, 0.15) is 67.1 Å². The van der Waals surface area contributed by atoms with E-state index in [2.05, 4.69) is 72.9 Å². The third-order valence-electron chi connectivity index (χ3n) is 13.8. The van der Waals surface area contributed by atoms with E-state index >= 15 is 0 Å². The number of nitrogens with one attached hydrogen (secondary N) is 1. The van der Waals surface area contributed by atoms with Gasteiger partial charge in [-0.05, 0) is 32.0 Å². The molecule has 0 aromatic heterocycles. The van der Waals surface area contributed by atoms with E-state index in [1.807, 2.05) is 52.8 Å². The highest BCUT2D eigenvalue weighted by Gasteiger charge is 2.59.